The Morgan fingerprint density at radius 2 is 1.89 bits per heavy atom. The van der Waals surface area contributed by atoms with Crippen molar-refractivity contribution in [2.75, 3.05) is 5.43 Å². The van der Waals surface area contributed by atoms with E-state index in [2.05, 4.69) is 10.4 Å². The second kappa shape index (κ2) is 6.88. The minimum Gasteiger partial charge on any atom is -0.329 e. The number of rotatable bonds is 3. The number of benzene rings is 2. The molecule has 1 aromatic heterocycles. The Hall–Kier alpha value is -2.41. The molecule has 0 saturated carbocycles. The molecule has 3 aromatic rings. The highest BCUT2D eigenvalue weighted by Gasteiger charge is 2.31. The number of hydrogen-bond donors (Lipinski definition) is 3. The molecule has 0 atom stereocenters. The van der Waals surface area contributed by atoms with E-state index in [1.165, 1.54) is 12.1 Å². The van der Waals surface area contributed by atoms with Crippen molar-refractivity contribution in [1.82, 2.24) is 9.66 Å². The second-order valence-corrected chi connectivity index (χ2v) is 7.95. The van der Waals surface area contributed by atoms with Crippen LogP contribution in [0.3, 0.4) is 0 Å². The molecule has 0 radical (unpaired) electrons. The highest BCUT2D eigenvalue weighted by molar-refractivity contribution is 7.89. The average molecular weight is 451 g/mol. The molecule has 0 aliphatic heterocycles. The number of alkyl halides is 3. The summed E-state index contributed by atoms with van der Waals surface area (Å²) in [5, 5.41) is 4.88. The van der Waals surface area contributed by atoms with Gasteiger partial charge in [0.15, 0.2) is 4.77 Å². The second-order valence-electron chi connectivity index (χ2n) is 5.63. The topological polar surface area (TPSA) is 110 Å². The van der Waals surface area contributed by atoms with Crippen LogP contribution in [0.15, 0.2) is 41.3 Å². The molecule has 0 bridgehead atoms. The van der Waals surface area contributed by atoms with Crippen molar-refractivity contribution in [3.05, 3.63) is 57.3 Å². The van der Waals surface area contributed by atoms with Gasteiger partial charge in [0.05, 0.1) is 21.6 Å². The number of H-pyrrole nitrogens is 1. The van der Waals surface area contributed by atoms with Gasteiger partial charge in [-0.3, -0.25) is 10.2 Å². The van der Waals surface area contributed by atoms with Crippen molar-refractivity contribution in [2.24, 2.45) is 5.14 Å². The van der Waals surface area contributed by atoms with E-state index in [1.807, 2.05) is 0 Å². The van der Waals surface area contributed by atoms with E-state index in [-0.39, 0.29) is 26.4 Å². The maximum absolute atomic E-state index is 12.8. The van der Waals surface area contributed by atoms with Gasteiger partial charge in [0, 0.05) is 5.56 Å². The summed E-state index contributed by atoms with van der Waals surface area (Å²) < 4.78 is 62.6. The van der Waals surface area contributed by atoms with Crippen LogP contribution in [0.25, 0.3) is 11.0 Å². The predicted octanol–water partition coefficient (Wildman–Crippen LogP) is 3.40. The van der Waals surface area contributed by atoms with Crippen molar-refractivity contribution in [1.29, 1.82) is 0 Å². The average Bonchev–Trinajstić information content (AvgIpc) is 2.88. The molecule has 148 valence electrons. The van der Waals surface area contributed by atoms with E-state index in [1.54, 1.807) is 0 Å². The van der Waals surface area contributed by atoms with Gasteiger partial charge >= 0.3 is 6.18 Å². The molecule has 4 N–H and O–H groups in total. The maximum Gasteiger partial charge on any atom is 0.416 e. The van der Waals surface area contributed by atoms with Crippen LogP contribution in [-0.2, 0) is 16.2 Å². The lowest BCUT2D eigenvalue weighted by molar-refractivity contribution is -0.137. The van der Waals surface area contributed by atoms with Crippen LogP contribution >= 0.6 is 23.8 Å². The van der Waals surface area contributed by atoms with E-state index in [0.717, 1.165) is 28.9 Å². The summed E-state index contributed by atoms with van der Waals surface area (Å²) in [5.41, 5.74) is 1.65. The minimum absolute atomic E-state index is 0.0569. The van der Waals surface area contributed by atoms with Crippen LogP contribution in [0.2, 0.25) is 5.02 Å². The molecule has 28 heavy (non-hydrogen) atoms. The fraction of sp³-hybridized carbons (Fsp3) is 0.0667. The van der Waals surface area contributed by atoms with Gasteiger partial charge in [-0.05, 0) is 48.6 Å². The molecule has 0 aliphatic rings. The van der Waals surface area contributed by atoms with Crippen LogP contribution in [0.1, 0.15) is 15.9 Å². The zero-order chi connectivity index (χ0) is 20.9. The summed E-state index contributed by atoms with van der Waals surface area (Å²) in [6.45, 7) is 0. The third-order valence-electron chi connectivity index (χ3n) is 3.72. The minimum atomic E-state index is -4.54. The van der Waals surface area contributed by atoms with E-state index < -0.39 is 32.6 Å². The summed E-state index contributed by atoms with van der Waals surface area (Å²) in [6, 6.07) is 6.26. The molecule has 0 saturated heterocycles. The molecule has 13 heteroatoms. The molecule has 0 fully saturated rings. The number of carbonyl (C=O) groups is 1. The fourth-order valence-corrected chi connectivity index (χ4v) is 3.75. The monoisotopic (exact) mass is 450 g/mol. The van der Waals surface area contributed by atoms with E-state index in [0.29, 0.717) is 0 Å². The molecule has 0 unspecified atom stereocenters. The fourth-order valence-electron chi connectivity index (χ4n) is 2.43. The first-order valence-electron chi connectivity index (χ1n) is 7.33. The Kier molecular flexibility index (Phi) is 5.00. The first-order chi connectivity index (χ1) is 12.9. The lowest BCUT2D eigenvalue weighted by Crippen LogP contribution is -2.23. The number of sulfonamides is 1. The van der Waals surface area contributed by atoms with Crippen molar-refractivity contribution >= 4 is 50.8 Å². The Morgan fingerprint density at radius 3 is 2.50 bits per heavy atom. The van der Waals surface area contributed by atoms with Gasteiger partial charge in [-0.15, -0.1) is 0 Å². The molecule has 3 rings (SSSR count). The smallest absolute Gasteiger partial charge is 0.329 e. The lowest BCUT2D eigenvalue weighted by atomic mass is 10.2. The molecular weight excluding hydrogens is 441 g/mol. The van der Waals surface area contributed by atoms with Crippen LogP contribution in [0.4, 0.5) is 13.2 Å². The van der Waals surface area contributed by atoms with Crippen molar-refractivity contribution < 1.29 is 26.4 Å². The van der Waals surface area contributed by atoms with Crippen LogP contribution in [0, 0.1) is 4.77 Å². The normalized spacial score (nSPS) is 12.3. The molecule has 1 amide bonds. The number of aromatic amines is 1. The number of fused-ring (bicyclic) bond motifs is 1. The summed E-state index contributed by atoms with van der Waals surface area (Å²) in [5.74, 6) is -0.779. The largest absolute Gasteiger partial charge is 0.416 e. The van der Waals surface area contributed by atoms with Gasteiger partial charge in [0.2, 0.25) is 10.0 Å². The molecule has 2 aromatic carbocycles. The highest BCUT2D eigenvalue weighted by atomic mass is 35.5. The third kappa shape index (κ3) is 3.90. The Morgan fingerprint density at radius 1 is 1.21 bits per heavy atom. The van der Waals surface area contributed by atoms with Crippen LogP contribution in [0.5, 0.6) is 0 Å². The van der Waals surface area contributed by atoms with E-state index in [4.69, 9.17) is 29.0 Å². The summed E-state index contributed by atoms with van der Waals surface area (Å²) in [6.07, 6.45) is -4.54. The van der Waals surface area contributed by atoms with Crippen LogP contribution < -0.4 is 10.6 Å². The SMILES string of the molecule is NS(=O)(=O)c1cc(C(=O)Nn2c(=S)[nH]c3cc(C(F)(F)F)ccc32)ccc1Cl. The Balaban J connectivity index is 2.00. The standard InChI is InChI=1S/C15H10ClF3N4O3S2/c16-9-3-1-7(5-12(9)28(20,25)26)13(24)22-23-11-4-2-8(15(17,18)19)6-10(11)21-14(23)27/h1-6H,(H,21,27)(H,22,24)(H2,20,25,26). The zero-order valence-electron chi connectivity index (χ0n) is 13.5. The van der Waals surface area contributed by atoms with E-state index >= 15 is 0 Å². The maximum atomic E-state index is 12.8. The molecule has 0 spiro atoms. The number of carbonyl (C=O) groups excluding carboxylic acids is 1. The van der Waals surface area contributed by atoms with Crippen molar-refractivity contribution in [2.45, 2.75) is 11.1 Å². The number of amides is 1. The number of nitrogens with zero attached hydrogens (tertiary/aromatic N) is 1. The van der Waals surface area contributed by atoms with Crippen molar-refractivity contribution in [3.63, 3.8) is 0 Å². The number of imidazole rings is 1. The molecule has 1 heterocycles. The third-order valence-corrected chi connectivity index (χ3v) is 5.40. The highest BCUT2D eigenvalue weighted by Crippen LogP contribution is 2.31. The van der Waals surface area contributed by atoms with Crippen LogP contribution in [-0.4, -0.2) is 24.0 Å². The number of nitrogens with one attached hydrogen (secondary N) is 2. The first kappa shape index (κ1) is 20.3. The van der Waals surface area contributed by atoms with Gasteiger partial charge < -0.3 is 4.98 Å². The van der Waals surface area contributed by atoms with Gasteiger partial charge in [-0.1, -0.05) is 11.6 Å². The summed E-state index contributed by atoms with van der Waals surface area (Å²) in [7, 11) is -4.17. The number of aromatic nitrogens is 2. The van der Waals surface area contributed by atoms with Gasteiger partial charge in [0.25, 0.3) is 5.91 Å². The molecular formula is C15H10ClF3N4O3S2. The lowest BCUT2D eigenvalue weighted by Gasteiger charge is -2.10. The summed E-state index contributed by atoms with van der Waals surface area (Å²) >= 11 is 10.8. The van der Waals surface area contributed by atoms with Crippen molar-refractivity contribution in [3.8, 4) is 0 Å². The summed E-state index contributed by atoms with van der Waals surface area (Å²) in [4.78, 5) is 14.6. The molecule has 7 nitrogen and oxygen atoms in total. The van der Waals surface area contributed by atoms with Gasteiger partial charge in [0.1, 0.15) is 4.90 Å². The number of hydrogen-bond acceptors (Lipinski definition) is 4. The number of nitrogens with two attached hydrogens (primary N) is 1. The van der Waals surface area contributed by atoms with E-state index in [9.17, 15) is 26.4 Å². The number of primary sulfonamides is 1. The molecule has 0 aliphatic carbocycles. The van der Waals surface area contributed by atoms with Gasteiger partial charge in [-0.25, -0.2) is 18.2 Å². The Labute approximate surface area is 165 Å². The predicted molar refractivity (Wildman–Crippen MR) is 98.6 cm³/mol. The zero-order valence-corrected chi connectivity index (χ0v) is 15.9. The first-order valence-corrected chi connectivity index (χ1v) is 9.67. The number of halogens is 4. The van der Waals surface area contributed by atoms with Gasteiger partial charge in [-0.2, -0.15) is 13.2 Å². The Bertz CT molecular complexity index is 1270. The quantitative estimate of drug-likeness (QED) is 0.531.